The lowest BCUT2D eigenvalue weighted by atomic mass is 10.2. The smallest absolute Gasteiger partial charge is 0.267 e. The lowest BCUT2D eigenvalue weighted by molar-refractivity contribution is -0.140. The van der Waals surface area contributed by atoms with Gasteiger partial charge in [-0.1, -0.05) is 30.3 Å². The molecule has 114 valence electrons. The van der Waals surface area contributed by atoms with Crippen LogP contribution in [-0.2, 0) is 11.3 Å². The van der Waals surface area contributed by atoms with Gasteiger partial charge in [-0.2, -0.15) is 0 Å². The number of carbonyl (C=O) groups excluding carboxylic acids is 1. The fraction of sp³-hybridized carbons (Fsp3) is 0.235. The third-order valence-corrected chi connectivity index (χ3v) is 3.53. The van der Waals surface area contributed by atoms with Crippen LogP contribution in [0, 0.1) is 5.82 Å². The number of benzene rings is 2. The molecule has 2 aromatic rings. The summed E-state index contributed by atoms with van der Waals surface area (Å²) in [5.74, 6) is 0.612. The van der Waals surface area contributed by atoms with E-state index in [9.17, 15) is 9.18 Å². The van der Waals surface area contributed by atoms with Crippen LogP contribution < -0.4 is 9.47 Å². The molecule has 0 fully saturated rings. The summed E-state index contributed by atoms with van der Waals surface area (Å²) in [6.45, 7) is 0.338. The molecule has 0 saturated heterocycles. The lowest BCUT2D eigenvalue weighted by Gasteiger charge is -2.28. The van der Waals surface area contributed by atoms with Crippen molar-refractivity contribution >= 4 is 5.91 Å². The van der Waals surface area contributed by atoms with Crippen molar-refractivity contribution in [2.24, 2.45) is 0 Å². The van der Waals surface area contributed by atoms with Gasteiger partial charge in [0.25, 0.3) is 5.91 Å². The SMILES string of the molecule is CN(Cc1ccccc1F)C(=O)[C@@H]1COc2ccccc2O1. The Morgan fingerprint density at radius 2 is 1.86 bits per heavy atom. The maximum Gasteiger partial charge on any atom is 0.267 e. The second-order valence-electron chi connectivity index (χ2n) is 5.15. The molecule has 1 heterocycles. The van der Waals surface area contributed by atoms with Crippen molar-refractivity contribution in [2.75, 3.05) is 13.7 Å². The van der Waals surface area contributed by atoms with Crippen LogP contribution in [0.15, 0.2) is 48.5 Å². The lowest BCUT2D eigenvalue weighted by Crippen LogP contribution is -2.44. The minimum Gasteiger partial charge on any atom is -0.485 e. The van der Waals surface area contributed by atoms with Gasteiger partial charge in [0.15, 0.2) is 11.5 Å². The maximum absolute atomic E-state index is 13.7. The second kappa shape index (κ2) is 6.05. The van der Waals surface area contributed by atoms with E-state index in [1.165, 1.54) is 11.0 Å². The molecule has 0 N–H and O–H groups in total. The molecule has 22 heavy (non-hydrogen) atoms. The summed E-state index contributed by atoms with van der Waals surface area (Å²) < 4.78 is 24.9. The quantitative estimate of drug-likeness (QED) is 0.875. The molecule has 0 aliphatic carbocycles. The molecule has 5 heteroatoms. The van der Waals surface area contributed by atoms with E-state index in [0.717, 1.165) is 0 Å². The number of likely N-dealkylation sites (N-methyl/N-ethyl adjacent to an activating group) is 1. The molecule has 0 aromatic heterocycles. The molecule has 0 spiro atoms. The number of amides is 1. The van der Waals surface area contributed by atoms with E-state index in [4.69, 9.17) is 9.47 Å². The van der Waals surface area contributed by atoms with E-state index in [-0.39, 0.29) is 24.9 Å². The number of para-hydroxylation sites is 2. The maximum atomic E-state index is 13.7. The Morgan fingerprint density at radius 1 is 1.18 bits per heavy atom. The average Bonchev–Trinajstić information content (AvgIpc) is 2.55. The van der Waals surface area contributed by atoms with E-state index >= 15 is 0 Å². The van der Waals surface area contributed by atoms with Crippen LogP contribution in [0.5, 0.6) is 11.5 Å². The van der Waals surface area contributed by atoms with Crippen LogP contribution in [0.2, 0.25) is 0 Å². The monoisotopic (exact) mass is 301 g/mol. The van der Waals surface area contributed by atoms with Crippen molar-refractivity contribution in [3.63, 3.8) is 0 Å². The summed E-state index contributed by atoms with van der Waals surface area (Å²) in [5, 5.41) is 0. The van der Waals surface area contributed by atoms with Crippen molar-refractivity contribution in [2.45, 2.75) is 12.6 Å². The number of nitrogens with zero attached hydrogens (tertiary/aromatic N) is 1. The summed E-state index contributed by atoms with van der Waals surface area (Å²) in [6, 6.07) is 13.6. The molecule has 0 unspecified atom stereocenters. The molecule has 2 aromatic carbocycles. The van der Waals surface area contributed by atoms with Crippen molar-refractivity contribution in [3.05, 3.63) is 59.9 Å². The Kier molecular flexibility index (Phi) is 3.96. The van der Waals surface area contributed by atoms with Gasteiger partial charge in [0.1, 0.15) is 12.4 Å². The van der Waals surface area contributed by atoms with Gasteiger partial charge >= 0.3 is 0 Å². The molecule has 0 bridgehead atoms. The Labute approximate surface area is 128 Å². The fourth-order valence-electron chi connectivity index (χ4n) is 2.35. The third-order valence-electron chi connectivity index (χ3n) is 3.53. The highest BCUT2D eigenvalue weighted by atomic mass is 19.1. The van der Waals surface area contributed by atoms with Crippen LogP contribution in [0.25, 0.3) is 0 Å². The number of carbonyl (C=O) groups is 1. The van der Waals surface area contributed by atoms with Crippen LogP contribution in [0.1, 0.15) is 5.56 Å². The zero-order valence-electron chi connectivity index (χ0n) is 12.2. The molecular weight excluding hydrogens is 285 g/mol. The molecule has 1 atom stereocenters. The third kappa shape index (κ3) is 2.88. The zero-order chi connectivity index (χ0) is 15.5. The van der Waals surface area contributed by atoms with Crippen molar-refractivity contribution in [1.29, 1.82) is 0 Å². The summed E-state index contributed by atoms with van der Waals surface area (Å²) in [7, 11) is 1.62. The topological polar surface area (TPSA) is 38.8 Å². The number of halogens is 1. The second-order valence-corrected chi connectivity index (χ2v) is 5.15. The molecule has 1 aliphatic heterocycles. The Balaban J connectivity index is 1.68. The fourth-order valence-corrected chi connectivity index (χ4v) is 2.35. The summed E-state index contributed by atoms with van der Waals surface area (Å²) in [6.07, 6.45) is -0.716. The van der Waals surface area contributed by atoms with Gasteiger partial charge < -0.3 is 14.4 Å². The van der Waals surface area contributed by atoms with Gasteiger partial charge in [-0.3, -0.25) is 4.79 Å². The van der Waals surface area contributed by atoms with Crippen LogP contribution in [0.4, 0.5) is 4.39 Å². The largest absolute Gasteiger partial charge is 0.485 e. The standard InChI is InChI=1S/C17H16FNO3/c1-19(10-12-6-2-3-7-13(12)18)17(20)16-11-21-14-8-4-5-9-15(14)22-16/h2-9,16H,10-11H2,1H3/t16-/m0/s1. The van der Waals surface area contributed by atoms with E-state index < -0.39 is 6.10 Å². The van der Waals surface area contributed by atoms with Gasteiger partial charge in [-0.25, -0.2) is 4.39 Å². The zero-order valence-corrected chi connectivity index (χ0v) is 12.2. The van der Waals surface area contributed by atoms with E-state index in [0.29, 0.717) is 17.1 Å². The van der Waals surface area contributed by atoms with Gasteiger partial charge in [0.05, 0.1) is 0 Å². The predicted molar refractivity (Wildman–Crippen MR) is 79.2 cm³/mol. The molecule has 4 nitrogen and oxygen atoms in total. The highest BCUT2D eigenvalue weighted by molar-refractivity contribution is 5.81. The molecule has 0 saturated carbocycles. The average molecular weight is 301 g/mol. The molecular formula is C17H16FNO3. The molecule has 3 rings (SSSR count). The first kappa shape index (κ1) is 14.4. The van der Waals surface area contributed by atoms with Crippen molar-refractivity contribution in [1.82, 2.24) is 4.90 Å². The molecule has 1 aliphatic rings. The Bertz CT molecular complexity index is 689. The van der Waals surface area contributed by atoms with Crippen LogP contribution in [-0.4, -0.2) is 30.6 Å². The van der Waals surface area contributed by atoms with Crippen LogP contribution >= 0.6 is 0 Å². The highest BCUT2D eigenvalue weighted by Crippen LogP contribution is 2.31. The normalized spacial score (nSPS) is 16.2. The van der Waals surface area contributed by atoms with Gasteiger partial charge in [0, 0.05) is 19.2 Å². The van der Waals surface area contributed by atoms with Crippen LogP contribution in [0.3, 0.4) is 0 Å². The van der Waals surface area contributed by atoms with Gasteiger partial charge in [0.2, 0.25) is 6.10 Å². The van der Waals surface area contributed by atoms with E-state index in [1.54, 1.807) is 37.4 Å². The number of ether oxygens (including phenoxy) is 2. The Morgan fingerprint density at radius 3 is 2.64 bits per heavy atom. The molecule has 1 amide bonds. The van der Waals surface area contributed by atoms with Crippen molar-refractivity contribution in [3.8, 4) is 11.5 Å². The first-order valence-corrected chi connectivity index (χ1v) is 7.02. The van der Waals surface area contributed by atoms with E-state index in [1.807, 2.05) is 12.1 Å². The summed E-state index contributed by atoms with van der Waals surface area (Å²) >= 11 is 0. The minimum absolute atomic E-state index is 0.150. The predicted octanol–water partition coefficient (Wildman–Crippen LogP) is 2.62. The number of hydrogen-bond donors (Lipinski definition) is 0. The minimum atomic E-state index is -0.716. The highest BCUT2D eigenvalue weighted by Gasteiger charge is 2.29. The number of rotatable bonds is 3. The van der Waals surface area contributed by atoms with Gasteiger partial charge in [-0.15, -0.1) is 0 Å². The Hall–Kier alpha value is -2.56. The summed E-state index contributed by atoms with van der Waals surface area (Å²) in [5.41, 5.74) is 0.468. The summed E-state index contributed by atoms with van der Waals surface area (Å²) in [4.78, 5) is 13.9. The first-order chi connectivity index (χ1) is 10.6. The van der Waals surface area contributed by atoms with E-state index in [2.05, 4.69) is 0 Å². The number of fused-ring (bicyclic) bond motifs is 1. The van der Waals surface area contributed by atoms with Gasteiger partial charge in [-0.05, 0) is 18.2 Å². The first-order valence-electron chi connectivity index (χ1n) is 7.02. The molecule has 0 radical (unpaired) electrons. The number of hydrogen-bond acceptors (Lipinski definition) is 3. The van der Waals surface area contributed by atoms with Crippen molar-refractivity contribution < 1.29 is 18.7 Å².